The molecule has 3 nitrogen and oxygen atoms in total. The normalized spacial score (nSPS) is 10.4. The molecule has 0 unspecified atom stereocenters. The summed E-state index contributed by atoms with van der Waals surface area (Å²) in [6, 6.07) is 13.3. The Kier molecular flexibility index (Phi) is 5.45. The Morgan fingerprint density at radius 1 is 1.18 bits per heavy atom. The van der Waals surface area contributed by atoms with Gasteiger partial charge in [-0.2, -0.15) is 0 Å². The van der Waals surface area contributed by atoms with E-state index in [1.807, 2.05) is 51.1 Å². The maximum atomic E-state index is 12.4. The number of nitrogens with zero attached hydrogens (tertiary/aromatic N) is 1. The van der Waals surface area contributed by atoms with Crippen LogP contribution in [0.25, 0.3) is 0 Å². The lowest BCUT2D eigenvalue weighted by atomic mass is 10.2. The highest BCUT2D eigenvalue weighted by Crippen LogP contribution is 2.21. The number of carbonyl (C=O) groups excluding carboxylic acids is 1. The Morgan fingerprint density at radius 2 is 1.95 bits per heavy atom. The molecule has 0 aliphatic rings. The number of amides is 1. The summed E-state index contributed by atoms with van der Waals surface area (Å²) in [6.45, 7) is 6.47. The largest absolute Gasteiger partial charge is 0.484 e. The van der Waals surface area contributed by atoms with E-state index in [0.717, 1.165) is 16.8 Å². The van der Waals surface area contributed by atoms with Gasteiger partial charge in [0.25, 0.3) is 5.91 Å². The van der Waals surface area contributed by atoms with Crippen LogP contribution in [0.3, 0.4) is 0 Å². The number of hydrogen-bond donors (Lipinski definition) is 0. The lowest BCUT2D eigenvalue weighted by Crippen LogP contribution is -2.34. The quantitative estimate of drug-likeness (QED) is 0.818. The molecule has 4 heteroatoms. The maximum absolute atomic E-state index is 12.4. The Bertz CT molecular complexity index is 670. The van der Waals surface area contributed by atoms with Crippen LogP contribution in [0.1, 0.15) is 18.1 Å². The van der Waals surface area contributed by atoms with Crippen LogP contribution < -0.4 is 9.64 Å². The molecule has 1 amide bonds. The maximum Gasteiger partial charge on any atom is 0.264 e. The fourth-order valence-electron chi connectivity index (χ4n) is 2.23. The summed E-state index contributed by atoms with van der Waals surface area (Å²) in [5.74, 6) is 0.580. The number of rotatable bonds is 5. The molecule has 0 N–H and O–H groups in total. The first-order valence-electron chi connectivity index (χ1n) is 7.27. The second kappa shape index (κ2) is 7.32. The monoisotopic (exact) mass is 317 g/mol. The van der Waals surface area contributed by atoms with Crippen LogP contribution in [0.4, 0.5) is 5.69 Å². The van der Waals surface area contributed by atoms with E-state index in [1.54, 1.807) is 17.0 Å². The predicted molar refractivity (Wildman–Crippen MR) is 90.9 cm³/mol. The van der Waals surface area contributed by atoms with Crippen molar-refractivity contribution in [3.8, 4) is 5.75 Å². The lowest BCUT2D eigenvalue weighted by molar-refractivity contribution is -0.120. The van der Waals surface area contributed by atoms with Crippen molar-refractivity contribution in [1.82, 2.24) is 0 Å². The van der Waals surface area contributed by atoms with Gasteiger partial charge in [0.05, 0.1) is 0 Å². The number of ether oxygens (including phenoxy) is 1. The molecule has 0 spiro atoms. The predicted octanol–water partition coefficient (Wildman–Crippen LogP) is 4.39. The van der Waals surface area contributed by atoms with E-state index in [1.165, 1.54) is 0 Å². The molecule has 0 aliphatic carbocycles. The van der Waals surface area contributed by atoms with Gasteiger partial charge < -0.3 is 9.64 Å². The van der Waals surface area contributed by atoms with Crippen molar-refractivity contribution in [2.24, 2.45) is 0 Å². The summed E-state index contributed by atoms with van der Waals surface area (Å²) >= 11 is 5.98. The zero-order chi connectivity index (χ0) is 16.1. The van der Waals surface area contributed by atoms with Crippen LogP contribution in [0, 0.1) is 13.8 Å². The first kappa shape index (κ1) is 16.4. The minimum Gasteiger partial charge on any atom is -0.484 e. The summed E-state index contributed by atoms with van der Waals surface area (Å²) in [5.41, 5.74) is 2.94. The van der Waals surface area contributed by atoms with Crippen molar-refractivity contribution >= 4 is 23.2 Å². The van der Waals surface area contributed by atoms with Crippen molar-refractivity contribution in [3.05, 3.63) is 58.6 Å². The van der Waals surface area contributed by atoms with Crippen molar-refractivity contribution < 1.29 is 9.53 Å². The van der Waals surface area contributed by atoms with Gasteiger partial charge in [-0.25, -0.2) is 0 Å². The van der Waals surface area contributed by atoms with Crippen LogP contribution in [-0.2, 0) is 4.79 Å². The third-order valence-corrected chi connectivity index (χ3v) is 3.85. The first-order chi connectivity index (χ1) is 10.5. The van der Waals surface area contributed by atoms with Gasteiger partial charge in [0.15, 0.2) is 6.61 Å². The Hall–Kier alpha value is -2.00. The molecular weight excluding hydrogens is 298 g/mol. The molecule has 2 rings (SSSR count). The molecule has 0 bridgehead atoms. The number of aryl methyl sites for hydroxylation is 2. The second-order valence-electron chi connectivity index (χ2n) is 5.18. The SMILES string of the molecule is CCN(C(=O)COc1ccc(Cl)c(C)c1)c1cccc(C)c1. The number of halogens is 1. The first-order valence-corrected chi connectivity index (χ1v) is 7.65. The van der Waals surface area contributed by atoms with Crippen LogP contribution in [0.15, 0.2) is 42.5 Å². The summed E-state index contributed by atoms with van der Waals surface area (Å²) < 4.78 is 5.59. The Morgan fingerprint density at radius 3 is 2.59 bits per heavy atom. The Balaban J connectivity index is 2.05. The fourth-order valence-corrected chi connectivity index (χ4v) is 2.35. The molecule has 0 aliphatic heterocycles. The molecule has 22 heavy (non-hydrogen) atoms. The molecule has 0 heterocycles. The second-order valence-corrected chi connectivity index (χ2v) is 5.58. The standard InChI is InChI=1S/C18H20ClNO2/c1-4-20(15-7-5-6-13(2)10-15)18(21)12-22-16-8-9-17(19)14(3)11-16/h5-11H,4,12H2,1-3H3. The van der Waals surface area contributed by atoms with Gasteiger partial charge in [-0.05, 0) is 62.2 Å². The van der Waals surface area contributed by atoms with Gasteiger partial charge in [0.2, 0.25) is 0 Å². The summed E-state index contributed by atoms with van der Waals surface area (Å²) in [7, 11) is 0. The molecule has 0 saturated heterocycles. The zero-order valence-electron chi connectivity index (χ0n) is 13.1. The highest BCUT2D eigenvalue weighted by atomic mass is 35.5. The van der Waals surface area contributed by atoms with E-state index in [4.69, 9.17) is 16.3 Å². The van der Waals surface area contributed by atoms with Gasteiger partial charge in [0.1, 0.15) is 5.75 Å². The van der Waals surface area contributed by atoms with Crippen molar-refractivity contribution in [2.75, 3.05) is 18.1 Å². The third kappa shape index (κ3) is 4.01. The zero-order valence-corrected chi connectivity index (χ0v) is 13.9. The topological polar surface area (TPSA) is 29.5 Å². The van der Waals surface area contributed by atoms with Crippen molar-refractivity contribution in [3.63, 3.8) is 0 Å². The molecule has 0 fully saturated rings. The average molecular weight is 318 g/mol. The van der Waals surface area contributed by atoms with E-state index in [9.17, 15) is 4.79 Å². The highest BCUT2D eigenvalue weighted by molar-refractivity contribution is 6.31. The summed E-state index contributed by atoms with van der Waals surface area (Å²) in [5, 5.41) is 0.689. The molecular formula is C18H20ClNO2. The van der Waals surface area contributed by atoms with Gasteiger partial charge in [0, 0.05) is 17.3 Å². The summed E-state index contributed by atoms with van der Waals surface area (Å²) in [6.07, 6.45) is 0. The molecule has 0 aromatic heterocycles. The van der Waals surface area contributed by atoms with E-state index >= 15 is 0 Å². The smallest absolute Gasteiger partial charge is 0.264 e. The van der Waals surface area contributed by atoms with Gasteiger partial charge >= 0.3 is 0 Å². The van der Waals surface area contributed by atoms with Crippen molar-refractivity contribution in [2.45, 2.75) is 20.8 Å². The van der Waals surface area contributed by atoms with Crippen LogP contribution in [-0.4, -0.2) is 19.1 Å². The van der Waals surface area contributed by atoms with Crippen LogP contribution in [0.2, 0.25) is 5.02 Å². The van der Waals surface area contributed by atoms with E-state index in [2.05, 4.69) is 0 Å². The molecule has 0 atom stereocenters. The number of anilines is 1. The highest BCUT2D eigenvalue weighted by Gasteiger charge is 2.14. The lowest BCUT2D eigenvalue weighted by Gasteiger charge is -2.21. The molecule has 116 valence electrons. The van der Waals surface area contributed by atoms with Crippen LogP contribution >= 0.6 is 11.6 Å². The Labute approximate surface area is 136 Å². The van der Waals surface area contributed by atoms with Gasteiger partial charge in [-0.15, -0.1) is 0 Å². The van der Waals surface area contributed by atoms with E-state index in [-0.39, 0.29) is 12.5 Å². The number of likely N-dealkylation sites (N-methyl/N-ethyl adjacent to an activating group) is 1. The molecule has 0 saturated carbocycles. The minimum absolute atomic E-state index is 0.00283. The van der Waals surface area contributed by atoms with Crippen molar-refractivity contribution in [1.29, 1.82) is 0 Å². The van der Waals surface area contributed by atoms with Gasteiger partial charge in [-0.1, -0.05) is 23.7 Å². The third-order valence-electron chi connectivity index (χ3n) is 3.42. The van der Waals surface area contributed by atoms with Crippen LogP contribution in [0.5, 0.6) is 5.75 Å². The fraction of sp³-hybridized carbons (Fsp3) is 0.278. The molecule has 0 radical (unpaired) electrons. The molecule has 2 aromatic carbocycles. The number of hydrogen-bond acceptors (Lipinski definition) is 2. The average Bonchev–Trinajstić information content (AvgIpc) is 2.49. The summed E-state index contributed by atoms with van der Waals surface area (Å²) in [4.78, 5) is 14.1. The van der Waals surface area contributed by atoms with Gasteiger partial charge in [-0.3, -0.25) is 4.79 Å². The molecule has 2 aromatic rings. The van der Waals surface area contributed by atoms with E-state index < -0.39 is 0 Å². The number of benzene rings is 2. The number of carbonyl (C=O) groups is 1. The van der Waals surface area contributed by atoms with E-state index in [0.29, 0.717) is 17.3 Å². The minimum atomic E-state index is -0.0688.